The van der Waals surface area contributed by atoms with E-state index in [-0.39, 0.29) is 17.3 Å². The molecule has 4 aromatic rings. The standard InChI is InChI=1S/C24H23N5O2/c1-29-20(30)15-14-19(28-29)22-21(18-12-6-3-7-13-18)26-23(25)24(27-22)31-16-8-11-17-9-4-2-5-10-17/h2-7,9-10,12-15H,8,11,16H2,1H3,(H2,25,26). The van der Waals surface area contributed by atoms with E-state index < -0.39 is 0 Å². The van der Waals surface area contributed by atoms with E-state index in [2.05, 4.69) is 27.2 Å². The van der Waals surface area contributed by atoms with Crippen LogP contribution in [0.25, 0.3) is 22.6 Å². The summed E-state index contributed by atoms with van der Waals surface area (Å²) in [4.78, 5) is 21.0. The molecule has 0 saturated carbocycles. The molecule has 0 bridgehead atoms. The highest BCUT2D eigenvalue weighted by Crippen LogP contribution is 2.31. The van der Waals surface area contributed by atoms with E-state index in [0.29, 0.717) is 23.7 Å². The Morgan fingerprint density at radius 3 is 2.32 bits per heavy atom. The molecule has 0 unspecified atom stereocenters. The number of benzene rings is 2. The van der Waals surface area contributed by atoms with Gasteiger partial charge in [-0.25, -0.2) is 14.6 Å². The lowest BCUT2D eigenvalue weighted by molar-refractivity contribution is 0.300. The Balaban J connectivity index is 1.64. The summed E-state index contributed by atoms with van der Waals surface area (Å²) in [5.41, 5.74) is 9.68. The summed E-state index contributed by atoms with van der Waals surface area (Å²) in [6.07, 6.45) is 1.71. The second-order valence-corrected chi connectivity index (χ2v) is 7.10. The van der Waals surface area contributed by atoms with Gasteiger partial charge >= 0.3 is 0 Å². The van der Waals surface area contributed by atoms with Crippen LogP contribution < -0.4 is 16.0 Å². The van der Waals surface area contributed by atoms with Gasteiger partial charge in [0.15, 0.2) is 5.82 Å². The number of nitrogens with two attached hydrogens (primary N) is 1. The fourth-order valence-electron chi connectivity index (χ4n) is 3.23. The molecule has 0 spiro atoms. The largest absolute Gasteiger partial charge is 0.475 e. The minimum atomic E-state index is -0.203. The predicted molar refractivity (Wildman–Crippen MR) is 121 cm³/mol. The molecule has 2 aromatic carbocycles. The number of aromatic nitrogens is 4. The van der Waals surface area contributed by atoms with Crippen LogP contribution in [0.5, 0.6) is 5.88 Å². The molecule has 2 N–H and O–H groups in total. The van der Waals surface area contributed by atoms with Crippen molar-refractivity contribution in [2.75, 3.05) is 12.3 Å². The van der Waals surface area contributed by atoms with Gasteiger partial charge in [0, 0.05) is 18.7 Å². The van der Waals surface area contributed by atoms with Crippen LogP contribution in [0.15, 0.2) is 77.6 Å². The lowest BCUT2D eigenvalue weighted by Crippen LogP contribution is -2.18. The van der Waals surface area contributed by atoms with Crippen molar-refractivity contribution in [3.63, 3.8) is 0 Å². The number of hydrogen-bond donors (Lipinski definition) is 1. The number of ether oxygens (including phenoxy) is 1. The van der Waals surface area contributed by atoms with Crippen molar-refractivity contribution in [1.82, 2.24) is 19.7 Å². The molecule has 0 aliphatic carbocycles. The molecule has 4 rings (SSSR count). The first-order valence-electron chi connectivity index (χ1n) is 10.1. The van der Waals surface area contributed by atoms with Gasteiger partial charge in [-0.1, -0.05) is 60.7 Å². The van der Waals surface area contributed by atoms with E-state index in [9.17, 15) is 4.79 Å². The maximum absolute atomic E-state index is 11.8. The summed E-state index contributed by atoms with van der Waals surface area (Å²) in [5, 5.41) is 4.34. The van der Waals surface area contributed by atoms with Crippen LogP contribution in [-0.2, 0) is 13.5 Å². The predicted octanol–water partition coefficient (Wildman–Crippen LogP) is 3.50. The fraction of sp³-hybridized carbons (Fsp3) is 0.167. The zero-order valence-electron chi connectivity index (χ0n) is 17.2. The summed E-state index contributed by atoms with van der Waals surface area (Å²) in [7, 11) is 1.60. The van der Waals surface area contributed by atoms with E-state index in [1.165, 1.54) is 16.3 Å². The second-order valence-electron chi connectivity index (χ2n) is 7.10. The maximum Gasteiger partial charge on any atom is 0.266 e. The Hall–Kier alpha value is -4.00. The Labute approximate surface area is 180 Å². The SMILES string of the molecule is Cn1nc(-c2nc(OCCCc3ccccc3)c(N)nc2-c2ccccc2)ccc1=O. The van der Waals surface area contributed by atoms with Gasteiger partial charge in [0.2, 0.25) is 0 Å². The van der Waals surface area contributed by atoms with Crippen molar-refractivity contribution in [3.8, 4) is 28.5 Å². The summed E-state index contributed by atoms with van der Waals surface area (Å²) in [5.74, 6) is 0.477. The van der Waals surface area contributed by atoms with Crippen LogP contribution in [0, 0.1) is 0 Å². The molecular formula is C24H23N5O2. The highest BCUT2D eigenvalue weighted by Gasteiger charge is 2.18. The second kappa shape index (κ2) is 9.21. The van der Waals surface area contributed by atoms with Gasteiger partial charge in [-0.15, -0.1) is 0 Å². The highest BCUT2D eigenvalue weighted by molar-refractivity contribution is 5.77. The van der Waals surface area contributed by atoms with Crippen molar-refractivity contribution >= 4 is 5.82 Å². The van der Waals surface area contributed by atoms with Crippen molar-refractivity contribution in [2.45, 2.75) is 12.8 Å². The monoisotopic (exact) mass is 413 g/mol. The molecule has 7 nitrogen and oxygen atoms in total. The van der Waals surface area contributed by atoms with Crippen LogP contribution in [0.4, 0.5) is 5.82 Å². The van der Waals surface area contributed by atoms with Gasteiger partial charge < -0.3 is 10.5 Å². The third kappa shape index (κ3) is 4.78. The van der Waals surface area contributed by atoms with Gasteiger partial charge in [0.25, 0.3) is 11.4 Å². The molecule has 7 heteroatoms. The lowest BCUT2D eigenvalue weighted by Gasteiger charge is -2.13. The van der Waals surface area contributed by atoms with Crippen LogP contribution in [0.2, 0.25) is 0 Å². The molecule has 0 aliphatic rings. The molecule has 0 atom stereocenters. The molecule has 0 fully saturated rings. The number of nitrogen functional groups attached to an aromatic ring is 1. The smallest absolute Gasteiger partial charge is 0.266 e. The molecule has 2 aromatic heterocycles. The molecule has 31 heavy (non-hydrogen) atoms. The minimum absolute atomic E-state index is 0.203. The fourth-order valence-corrected chi connectivity index (χ4v) is 3.23. The topological polar surface area (TPSA) is 95.9 Å². The Morgan fingerprint density at radius 2 is 1.61 bits per heavy atom. The molecule has 0 aliphatic heterocycles. The van der Waals surface area contributed by atoms with Crippen molar-refractivity contribution in [1.29, 1.82) is 0 Å². The van der Waals surface area contributed by atoms with E-state index in [4.69, 9.17) is 10.5 Å². The molecule has 2 heterocycles. The van der Waals surface area contributed by atoms with Gasteiger partial charge in [-0.05, 0) is 24.5 Å². The van der Waals surface area contributed by atoms with Gasteiger partial charge in [-0.3, -0.25) is 4.79 Å². The van der Waals surface area contributed by atoms with Crippen molar-refractivity contribution in [3.05, 3.63) is 88.7 Å². The Morgan fingerprint density at radius 1 is 0.903 bits per heavy atom. The number of anilines is 1. The number of aryl methyl sites for hydroxylation is 2. The van der Waals surface area contributed by atoms with E-state index in [0.717, 1.165) is 18.4 Å². The number of rotatable bonds is 7. The molecule has 0 amide bonds. The third-order valence-corrected chi connectivity index (χ3v) is 4.83. The summed E-state index contributed by atoms with van der Waals surface area (Å²) < 4.78 is 7.14. The Kier molecular flexibility index (Phi) is 6.03. The lowest BCUT2D eigenvalue weighted by atomic mass is 10.1. The normalized spacial score (nSPS) is 10.7. The summed E-state index contributed by atoms with van der Waals surface area (Å²) in [6, 6.07) is 22.9. The van der Waals surface area contributed by atoms with E-state index in [1.54, 1.807) is 13.1 Å². The van der Waals surface area contributed by atoms with E-state index >= 15 is 0 Å². The number of hydrogen-bond acceptors (Lipinski definition) is 6. The molecular weight excluding hydrogens is 390 g/mol. The summed E-state index contributed by atoms with van der Waals surface area (Å²) >= 11 is 0. The summed E-state index contributed by atoms with van der Waals surface area (Å²) in [6.45, 7) is 0.457. The first-order valence-corrected chi connectivity index (χ1v) is 10.1. The molecule has 0 radical (unpaired) electrons. The van der Waals surface area contributed by atoms with Gasteiger partial charge in [0.05, 0.1) is 6.61 Å². The molecule has 156 valence electrons. The van der Waals surface area contributed by atoms with Crippen molar-refractivity contribution in [2.24, 2.45) is 7.05 Å². The average molecular weight is 413 g/mol. The van der Waals surface area contributed by atoms with E-state index in [1.807, 2.05) is 48.5 Å². The van der Waals surface area contributed by atoms with Crippen LogP contribution in [0.1, 0.15) is 12.0 Å². The van der Waals surface area contributed by atoms with Crippen LogP contribution >= 0.6 is 0 Å². The van der Waals surface area contributed by atoms with Crippen molar-refractivity contribution < 1.29 is 4.74 Å². The van der Waals surface area contributed by atoms with Crippen LogP contribution in [-0.4, -0.2) is 26.4 Å². The maximum atomic E-state index is 11.8. The zero-order valence-corrected chi connectivity index (χ0v) is 17.2. The van der Waals surface area contributed by atoms with Crippen LogP contribution in [0.3, 0.4) is 0 Å². The minimum Gasteiger partial charge on any atom is -0.475 e. The average Bonchev–Trinajstić information content (AvgIpc) is 2.80. The third-order valence-electron chi connectivity index (χ3n) is 4.83. The van der Waals surface area contributed by atoms with Gasteiger partial charge in [-0.2, -0.15) is 5.10 Å². The molecule has 0 saturated heterocycles. The first kappa shape index (κ1) is 20.3. The first-order chi connectivity index (χ1) is 15.1. The zero-order chi connectivity index (χ0) is 21.6. The quantitative estimate of drug-likeness (QED) is 0.466. The Bertz CT molecular complexity index is 1220. The highest BCUT2D eigenvalue weighted by atomic mass is 16.5. The number of nitrogens with zero attached hydrogens (tertiary/aromatic N) is 4. The van der Waals surface area contributed by atoms with Gasteiger partial charge in [0.1, 0.15) is 17.1 Å².